The van der Waals surface area contributed by atoms with E-state index in [1.807, 2.05) is 0 Å². The lowest BCUT2D eigenvalue weighted by Crippen LogP contribution is -2.15. The number of carbonyl (C=O) groups is 1. The first-order valence-corrected chi connectivity index (χ1v) is 7.03. The molecule has 0 aliphatic carbocycles. The third-order valence-corrected chi connectivity index (χ3v) is 3.15. The number of anilines is 1. The van der Waals surface area contributed by atoms with Gasteiger partial charge in [-0.15, -0.1) is 0 Å². The summed E-state index contributed by atoms with van der Waals surface area (Å²) in [6.07, 6.45) is 0. The quantitative estimate of drug-likeness (QED) is 0.646. The van der Waals surface area contributed by atoms with E-state index < -0.39 is 22.3 Å². The number of nitrogens with one attached hydrogen (secondary N) is 1. The normalized spacial score (nSPS) is 10.1. The lowest BCUT2D eigenvalue weighted by Gasteiger charge is -2.12. The Hall–Kier alpha value is -3.16. The van der Waals surface area contributed by atoms with Crippen LogP contribution in [0.25, 0.3) is 0 Å². The van der Waals surface area contributed by atoms with Crippen molar-refractivity contribution in [2.75, 3.05) is 19.0 Å². The number of amides is 1. The summed E-state index contributed by atoms with van der Waals surface area (Å²) in [7, 11) is 1.33. The fourth-order valence-electron chi connectivity index (χ4n) is 2.06. The van der Waals surface area contributed by atoms with Gasteiger partial charge < -0.3 is 14.8 Å². The van der Waals surface area contributed by atoms with Gasteiger partial charge in [-0.3, -0.25) is 14.9 Å². The number of hydrogen-bond acceptors (Lipinski definition) is 5. The molecule has 0 saturated carbocycles. The topological polar surface area (TPSA) is 90.7 Å². The average Bonchev–Trinajstić information content (AvgIpc) is 2.56. The molecule has 0 bridgehead atoms. The Morgan fingerprint density at radius 2 is 2.00 bits per heavy atom. The van der Waals surface area contributed by atoms with Crippen LogP contribution in [-0.2, 0) is 0 Å². The lowest BCUT2D eigenvalue weighted by atomic mass is 10.1. The van der Waals surface area contributed by atoms with Gasteiger partial charge in [-0.1, -0.05) is 12.1 Å². The molecule has 0 aliphatic heterocycles. The Bertz CT molecular complexity index is 779. The average molecular weight is 334 g/mol. The van der Waals surface area contributed by atoms with Gasteiger partial charge in [0.15, 0.2) is 11.5 Å². The third kappa shape index (κ3) is 3.60. The highest BCUT2D eigenvalue weighted by Crippen LogP contribution is 2.35. The second-order valence-electron chi connectivity index (χ2n) is 4.64. The number of nitrogens with zero attached hydrogens (tertiary/aromatic N) is 1. The van der Waals surface area contributed by atoms with E-state index in [4.69, 9.17) is 9.47 Å². The maximum Gasteiger partial charge on any atom is 0.286 e. The standard InChI is InChI=1S/C16H15FN2O5/c1-3-24-15-8-10(13(19(21)22)9-14(15)23-2)16(20)18-12-7-5-4-6-11(12)17/h4-9H,3H2,1-2H3,(H,18,20). The Balaban J connectivity index is 2.46. The van der Waals surface area contributed by atoms with Gasteiger partial charge in [0.25, 0.3) is 11.6 Å². The second kappa shape index (κ2) is 7.40. The number of halogens is 1. The molecule has 0 atom stereocenters. The van der Waals surface area contributed by atoms with Crippen molar-refractivity contribution in [3.8, 4) is 11.5 Å². The molecule has 0 fully saturated rings. The van der Waals surface area contributed by atoms with Crippen molar-refractivity contribution in [2.45, 2.75) is 6.92 Å². The molecule has 0 radical (unpaired) electrons. The minimum atomic E-state index is -0.824. The Morgan fingerprint density at radius 3 is 2.58 bits per heavy atom. The van der Waals surface area contributed by atoms with Crippen molar-refractivity contribution < 1.29 is 23.6 Å². The van der Waals surface area contributed by atoms with Crippen LogP contribution in [0, 0.1) is 15.9 Å². The first kappa shape index (κ1) is 17.2. The molecule has 0 saturated heterocycles. The molecule has 0 aromatic heterocycles. The molecule has 0 aliphatic rings. The predicted molar refractivity (Wildman–Crippen MR) is 85.2 cm³/mol. The van der Waals surface area contributed by atoms with Gasteiger partial charge in [0.2, 0.25) is 0 Å². The predicted octanol–water partition coefficient (Wildman–Crippen LogP) is 3.39. The summed E-state index contributed by atoms with van der Waals surface area (Å²) >= 11 is 0. The lowest BCUT2D eigenvalue weighted by molar-refractivity contribution is -0.385. The number of nitro benzene ring substituents is 1. The molecule has 1 amide bonds. The summed E-state index contributed by atoms with van der Waals surface area (Å²) in [5.74, 6) is -1.15. The fraction of sp³-hybridized carbons (Fsp3) is 0.188. The van der Waals surface area contributed by atoms with E-state index in [9.17, 15) is 19.3 Å². The van der Waals surface area contributed by atoms with E-state index in [1.54, 1.807) is 6.92 Å². The number of ether oxygens (including phenoxy) is 2. The van der Waals surface area contributed by atoms with Crippen LogP contribution in [0.2, 0.25) is 0 Å². The molecule has 0 unspecified atom stereocenters. The van der Waals surface area contributed by atoms with E-state index in [1.165, 1.54) is 37.4 Å². The third-order valence-electron chi connectivity index (χ3n) is 3.15. The summed E-state index contributed by atoms with van der Waals surface area (Å²) in [4.78, 5) is 22.9. The minimum absolute atomic E-state index is 0.0782. The second-order valence-corrected chi connectivity index (χ2v) is 4.64. The largest absolute Gasteiger partial charge is 0.493 e. The number of benzene rings is 2. The Kier molecular flexibility index (Phi) is 5.31. The van der Waals surface area contributed by atoms with Crippen molar-refractivity contribution >= 4 is 17.3 Å². The molecule has 0 spiro atoms. The van der Waals surface area contributed by atoms with Crippen molar-refractivity contribution in [3.05, 3.63) is 57.9 Å². The van der Waals surface area contributed by atoms with Gasteiger partial charge >= 0.3 is 0 Å². The highest BCUT2D eigenvalue weighted by Gasteiger charge is 2.25. The summed E-state index contributed by atoms with van der Waals surface area (Å²) < 4.78 is 24.0. The van der Waals surface area contributed by atoms with Crippen molar-refractivity contribution in [2.24, 2.45) is 0 Å². The number of carbonyl (C=O) groups excluding carboxylic acids is 1. The number of para-hydroxylation sites is 1. The SMILES string of the molecule is CCOc1cc(C(=O)Nc2ccccc2F)c([N+](=O)[O-])cc1OC. The van der Waals surface area contributed by atoms with E-state index in [-0.39, 0.29) is 29.4 Å². The molecule has 0 heterocycles. The molecular formula is C16H15FN2O5. The fourth-order valence-corrected chi connectivity index (χ4v) is 2.06. The molecule has 2 aromatic carbocycles. The van der Waals surface area contributed by atoms with Crippen LogP contribution in [0.1, 0.15) is 17.3 Å². The number of hydrogen-bond donors (Lipinski definition) is 1. The number of methoxy groups -OCH3 is 1. The van der Waals surface area contributed by atoms with Crippen LogP contribution < -0.4 is 14.8 Å². The van der Waals surface area contributed by atoms with Gasteiger partial charge in [-0.25, -0.2) is 4.39 Å². The zero-order valence-electron chi connectivity index (χ0n) is 13.0. The van der Waals surface area contributed by atoms with Gasteiger partial charge in [0.1, 0.15) is 11.4 Å². The smallest absolute Gasteiger partial charge is 0.286 e. The van der Waals surface area contributed by atoms with Crippen molar-refractivity contribution in [1.82, 2.24) is 0 Å². The molecule has 8 heteroatoms. The number of nitro groups is 1. The molecule has 2 aromatic rings. The highest BCUT2D eigenvalue weighted by atomic mass is 19.1. The van der Waals surface area contributed by atoms with Gasteiger partial charge in [-0.05, 0) is 19.1 Å². The van der Waals surface area contributed by atoms with Gasteiger partial charge in [0.05, 0.1) is 30.4 Å². The summed E-state index contributed by atoms with van der Waals surface area (Å²) in [6.45, 7) is 2.00. The first-order valence-electron chi connectivity index (χ1n) is 7.03. The summed E-state index contributed by atoms with van der Waals surface area (Å²) in [5, 5.41) is 13.6. The molecule has 24 heavy (non-hydrogen) atoms. The van der Waals surface area contributed by atoms with Gasteiger partial charge in [0, 0.05) is 6.07 Å². The van der Waals surface area contributed by atoms with Crippen LogP contribution in [0.4, 0.5) is 15.8 Å². The van der Waals surface area contributed by atoms with E-state index in [0.717, 1.165) is 6.07 Å². The van der Waals surface area contributed by atoms with Gasteiger partial charge in [-0.2, -0.15) is 0 Å². The van der Waals surface area contributed by atoms with E-state index in [2.05, 4.69) is 5.32 Å². The first-order chi connectivity index (χ1) is 11.5. The zero-order valence-corrected chi connectivity index (χ0v) is 13.0. The summed E-state index contributed by atoms with van der Waals surface area (Å²) in [5.41, 5.74) is -0.803. The maximum atomic E-state index is 13.7. The number of rotatable bonds is 6. The minimum Gasteiger partial charge on any atom is -0.493 e. The molecule has 2 rings (SSSR count). The Morgan fingerprint density at radius 1 is 1.29 bits per heavy atom. The zero-order chi connectivity index (χ0) is 17.7. The van der Waals surface area contributed by atoms with Crippen molar-refractivity contribution in [3.63, 3.8) is 0 Å². The van der Waals surface area contributed by atoms with Crippen LogP contribution in [-0.4, -0.2) is 24.5 Å². The van der Waals surface area contributed by atoms with Crippen LogP contribution >= 0.6 is 0 Å². The monoisotopic (exact) mass is 334 g/mol. The maximum absolute atomic E-state index is 13.7. The molecule has 7 nitrogen and oxygen atoms in total. The summed E-state index contributed by atoms with van der Waals surface area (Å²) in [6, 6.07) is 7.83. The molecule has 126 valence electrons. The Labute approximate surface area is 137 Å². The van der Waals surface area contributed by atoms with E-state index >= 15 is 0 Å². The van der Waals surface area contributed by atoms with Crippen LogP contribution in [0.3, 0.4) is 0 Å². The van der Waals surface area contributed by atoms with Crippen LogP contribution in [0.15, 0.2) is 36.4 Å². The molecule has 1 N–H and O–H groups in total. The highest BCUT2D eigenvalue weighted by molar-refractivity contribution is 6.07. The van der Waals surface area contributed by atoms with E-state index in [0.29, 0.717) is 0 Å². The van der Waals surface area contributed by atoms with Crippen molar-refractivity contribution in [1.29, 1.82) is 0 Å². The molecular weight excluding hydrogens is 319 g/mol. The van der Waals surface area contributed by atoms with Crippen LogP contribution in [0.5, 0.6) is 11.5 Å².